The van der Waals surface area contributed by atoms with Crippen molar-refractivity contribution in [3.63, 3.8) is 0 Å². The fraction of sp³-hybridized carbons (Fsp3) is 0.143. The van der Waals surface area contributed by atoms with Crippen LogP contribution < -0.4 is 4.74 Å². The molecule has 6 heteroatoms. The van der Waals surface area contributed by atoms with Gasteiger partial charge in [-0.1, -0.05) is 29.3 Å². The Bertz CT molecular complexity index is 628. The van der Waals surface area contributed by atoms with Crippen molar-refractivity contribution in [2.24, 2.45) is 0 Å². The molecule has 0 aromatic heterocycles. The topological polar surface area (TPSA) is 9.23 Å². The van der Waals surface area contributed by atoms with Crippen molar-refractivity contribution in [3.05, 3.63) is 61.8 Å². The first-order valence-electron chi connectivity index (χ1n) is 5.56. The average Bonchev–Trinajstić information content (AvgIpc) is 2.37. The maximum atomic E-state index is 14.0. The molecule has 0 aliphatic carbocycles. The number of ether oxygens (including phenoxy) is 1. The predicted molar refractivity (Wildman–Crippen MR) is 84.8 cm³/mol. The Morgan fingerprint density at radius 1 is 1.25 bits per heavy atom. The van der Waals surface area contributed by atoms with Crippen molar-refractivity contribution >= 4 is 50.7 Å². The summed E-state index contributed by atoms with van der Waals surface area (Å²) in [7, 11) is 1.50. The smallest absolute Gasteiger partial charge is 0.138 e. The van der Waals surface area contributed by atoms with E-state index in [0.717, 1.165) is 0 Å². The lowest BCUT2D eigenvalue weighted by Gasteiger charge is -2.17. The molecular weight excluding hydrogens is 389 g/mol. The molecule has 0 amide bonds. The number of hydrogen-bond donors (Lipinski definition) is 0. The molecule has 0 bridgehead atoms. The third-order valence-electron chi connectivity index (χ3n) is 2.77. The Morgan fingerprint density at radius 3 is 2.55 bits per heavy atom. The highest BCUT2D eigenvalue weighted by atomic mass is 79.9. The molecule has 2 aromatic rings. The number of halogens is 5. The van der Waals surface area contributed by atoms with Crippen LogP contribution in [0.4, 0.5) is 4.39 Å². The van der Waals surface area contributed by atoms with Gasteiger partial charge in [-0.05, 0) is 40.2 Å². The summed E-state index contributed by atoms with van der Waals surface area (Å²) in [6.45, 7) is 0. The third-order valence-corrected chi connectivity index (χ3v) is 4.36. The zero-order valence-corrected chi connectivity index (χ0v) is 14.1. The lowest BCUT2D eigenvalue weighted by molar-refractivity contribution is 0.407. The summed E-state index contributed by atoms with van der Waals surface area (Å²) in [6, 6.07) is 7.72. The molecule has 0 N–H and O–H groups in total. The zero-order chi connectivity index (χ0) is 14.9. The van der Waals surface area contributed by atoms with Crippen molar-refractivity contribution in [1.82, 2.24) is 0 Å². The summed E-state index contributed by atoms with van der Waals surface area (Å²) < 4.78 is 19.9. The summed E-state index contributed by atoms with van der Waals surface area (Å²) in [6.07, 6.45) is 0. The maximum Gasteiger partial charge on any atom is 0.138 e. The van der Waals surface area contributed by atoms with Crippen LogP contribution in [-0.4, -0.2) is 7.11 Å². The largest absolute Gasteiger partial charge is 0.495 e. The van der Waals surface area contributed by atoms with Crippen LogP contribution in [0.15, 0.2) is 34.8 Å². The van der Waals surface area contributed by atoms with Crippen molar-refractivity contribution in [2.75, 3.05) is 7.11 Å². The van der Waals surface area contributed by atoms with Crippen molar-refractivity contribution < 1.29 is 9.13 Å². The number of methoxy groups -OCH3 is 1. The normalized spacial score (nSPS) is 12.3. The second kappa shape index (κ2) is 6.52. The SMILES string of the molecule is COc1c(Br)cc(Cl)cc1C(Cl)c1c(F)cccc1Cl. The van der Waals surface area contributed by atoms with Crippen LogP contribution in [0.25, 0.3) is 0 Å². The molecule has 0 fully saturated rings. The highest BCUT2D eigenvalue weighted by Crippen LogP contribution is 2.43. The van der Waals surface area contributed by atoms with E-state index in [2.05, 4.69) is 15.9 Å². The van der Waals surface area contributed by atoms with Crippen LogP contribution >= 0.6 is 50.7 Å². The van der Waals surface area contributed by atoms with E-state index in [1.807, 2.05) is 0 Å². The number of benzene rings is 2. The fourth-order valence-electron chi connectivity index (χ4n) is 1.89. The van der Waals surface area contributed by atoms with E-state index in [0.29, 0.717) is 20.8 Å². The Labute approximate surface area is 139 Å². The van der Waals surface area contributed by atoms with Crippen LogP contribution in [0.5, 0.6) is 5.75 Å². The van der Waals surface area contributed by atoms with Gasteiger partial charge in [-0.15, -0.1) is 11.6 Å². The summed E-state index contributed by atoms with van der Waals surface area (Å²) in [5.74, 6) is 0.0179. The monoisotopic (exact) mass is 396 g/mol. The van der Waals surface area contributed by atoms with Crippen LogP contribution in [0.3, 0.4) is 0 Å². The van der Waals surface area contributed by atoms with Gasteiger partial charge in [-0.25, -0.2) is 4.39 Å². The summed E-state index contributed by atoms with van der Waals surface area (Å²) in [4.78, 5) is 0. The quantitative estimate of drug-likeness (QED) is 0.557. The van der Waals surface area contributed by atoms with Gasteiger partial charge in [0.1, 0.15) is 11.6 Å². The Balaban J connectivity index is 2.62. The lowest BCUT2D eigenvalue weighted by Crippen LogP contribution is -2.01. The number of hydrogen-bond acceptors (Lipinski definition) is 1. The Morgan fingerprint density at radius 2 is 1.95 bits per heavy atom. The van der Waals surface area contributed by atoms with E-state index in [-0.39, 0.29) is 10.6 Å². The summed E-state index contributed by atoms with van der Waals surface area (Å²) in [5, 5.41) is -0.0948. The first-order valence-corrected chi connectivity index (χ1v) is 7.55. The molecule has 0 aliphatic heterocycles. The third kappa shape index (κ3) is 3.06. The van der Waals surface area contributed by atoms with Gasteiger partial charge in [0.2, 0.25) is 0 Å². The van der Waals surface area contributed by atoms with Gasteiger partial charge in [0.05, 0.1) is 17.0 Å². The van der Waals surface area contributed by atoms with Gasteiger partial charge >= 0.3 is 0 Å². The lowest BCUT2D eigenvalue weighted by atomic mass is 10.0. The molecule has 1 nitrogen and oxygen atoms in total. The van der Waals surface area contributed by atoms with E-state index in [4.69, 9.17) is 39.5 Å². The molecule has 1 atom stereocenters. The van der Waals surface area contributed by atoms with Crippen molar-refractivity contribution in [3.8, 4) is 5.75 Å². The second-order valence-corrected chi connectivity index (χ2v) is 6.14. The zero-order valence-electron chi connectivity index (χ0n) is 10.3. The fourth-order valence-corrected chi connectivity index (χ4v) is 3.60. The van der Waals surface area contributed by atoms with Crippen LogP contribution in [0.2, 0.25) is 10.0 Å². The van der Waals surface area contributed by atoms with E-state index >= 15 is 0 Å². The van der Waals surface area contributed by atoms with Crippen molar-refractivity contribution in [2.45, 2.75) is 5.38 Å². The van der Waals surface area contributed by atoms with Gasteiger partial charge in [0.15, 0.2) is 0 Å². The van der Waals surface area contributed by atoms with E-state index < -0.39 is 11.2 Å². The molecule has 0 heterocycles. The molecule has 20 heavy (non-hydrogen) atoms. The van der Waals surface area contributed by atoms with Gasteiger partial charge in [-0.3, -0.25) is 0 Å². The molecule has 1 unspecified atom stereocenters. The van der Waals surface area contributed by atoms with E-state index in [1.165, 1.54) is 19.2 Å². The predicted octanol–water partition coefficient (Wildman–Crippen LogP) is 6.23. The molecule has 0 spiro atoms. The van der Waals surface area contributed by atoms with Crippen LogP contribution in [-0.2, 0) is 0 Å². The molecule has 0 radical (unpaired) electrons. The minimum Gasteiger partial charge on any atom is -0.495 e. The average molecular weight is 398 g/mol. The highest BCUT2D eigenvalue weighted by molar-refractivity contribution is 9.10. The van der Waals surface area contributed by atoms with Gasteiger partial charge in [-0.2, -0.15) is 0 Å². The molecular formula is C14H9BrCl3FO. The summed E-state index contributed by atoms with van der Waals surface area (Å²) >= 11 is 21.8. The van der Waals surface area contributed by atoms with Crippen LogP contribution in [0, 0.1) is 5.82 Å². The molecule has 106 valence electrons. The standard InChI is InChI=1S/C14H9BrCl3FO/c1-20-14-8(5-7(16)6-9(14)15)13(18)12-10(17)3-2-4-11(12)19/h2-6,13H,1H3. The minimum atomic E-state index is -0.811. The van der Waals surface area contributed by atoms with E-state index in [1.54, 1.807) is 18.2 Å². The first kappa shape index (κ1) is 15.9. The molecule has 0 saturated heterocycles. The Hall–Kier alpha value is -0.480. The van der Waals surface area contributed by atoms with Gasteiger partial charge in [0, 0.05) is 21.2 Å². The first-order chi connectivity index (χ1) is 9.45. The van der Waals surface area contributed by atoms with E-state index in [9.17, 15) is 4.39 Å². The van der Waals surface area contributed by atoms with Crippen molar-refractivity contribution in [1.29, 1.82) is 0 Å². The van der Waals surface area contributed by atoms with Crippen LogP contribution in [0.1, 0.15) is 16.5 Å². The highest BCUT2D eigenvalue weighted by Gasteiger charge is 2.23. The second-order valence-electron chi connectivity index (χ2n) is 4.01. The molecule has 0 aliphatic rings. The number of alkyl halides is 1. The van der Waals surface area contributed by atoms with Gasteiger partial charge < -0.3 is 4.74 Å². The maximum absolute atomic E-state index is 14.0. The Kier molecular flexibility index (Phi) is 5.19. The van der Waals surface area contributed by atoms with Gasteiger partial charge in [0.25, 0.3) is 0 Å². The minimum absolute atomic E-state index is 0.198. The molecule has 0 saturated carbocycles. The summed E-state index contributed by atoms with van der Waals surface area (Å²) in [5.41, 5.74) is 0.740. The number of rotatable bonds is 3. The molecule has 2 aromatic carbocycles. The molecule has 2 rings (SSSR count).